The smallest absolute Gasteiger partial charge is 0.0456 e. The van der Waals surface area contributed by atoms with E-state index in [9.17, 15) is 0 Å². The number of hydrogen-bond acceptors (Lipinski definition) is 2. The van der Waals surface area contributed by atoms with E-state index in [4.69, 9.17) is 0 Å². The summed E-state index contributed by atoms with van der Waals surface area (Å²) in [5, 5.41) is 7.51. The van der Waals surface area contributed by atoms with Crippen molar-refractivity contribution in [1.29, 1.82) is 0 Å². The summed E-state index contributed by atoms with van der Waals surface area (Å²) in [5.41, 5.74) is 1.11. The highest BCUT2D eigenvalue weighted by Gasteiger charge is 2.05. The van der Waals surface area contributed by atoms with Gasteiger partial charge in [0.15, 0.2) is 0 Å². The Kier molecular flexibility index (Phi) is 0.929. The molecule has 1 unspecified atom stereocenters. The van der Waals surface area contributed by atoms with Crippen LogP contribution in [0.1, 0.15) is 13.8 Å². The van der Waals surface area contributed by atoms with Crippen LogP contribution in [-0.2, 0) is 0 Å². The fraction of sp³-hybridized carbons (Fsp3) is 0.600. The molecule has 0 saturated carbocycles. The number of nitrogens with zero attached hydrogens (tertiary/aromatic N) is 2. The molecule has 1 aliphatic rings. The molecule has 2 heteroatoms. The van der Waals surface area contributed by atoms with Gasteiger partial charge in [0.1, 0.15) is 0 Å². The molecule has 2 nitrogen and oxygen atoms in total. The highest BCUT2D eigenvalue weighted by atomic mass is 15.2. The van der Waals surface area contributed by atoms with E-state index in [-0.39, 0.29) is 0 Å². The molecule has 0 aromatic heterocycles. The molecule has 1 atom stereocenters. The van der Waals surface area contributed by atoms with E-state index in [1.54, 1.807) is 0 Å². The normalized spacial score (nSPS) is 28.3. The first-order chi connectivity index (χ1) is 3.30. The van der Waals surface area contributed by atoms with E-state index >= 15 is 0 Å². The summed E-state index contributed by atoms with van der Waals surface area (Å²) in [6.07, 6.45) is 1.84. The second kappa shape index (κ2) is 1.45. The SMILES string of the molecule is CC1=NN=CC1C. The molecule has 0 saturated heterocycles. The van der Waals surface area contributed by atoms with Crippen LogP contribution in [0.2, 0.25) is 0 Å². The maximum absolute atomic E-state index is 3.80. The summed E-state index contributed by atoms with van der Waals surface area (Å²) in [6, 6.07) is 0. The Hall–Kier alpha value is -0.660. The Balaban J connectivity index is 2.69. The summed E-state index contributed by atoms with van der Waals surface area (Å²) in [4.78, 5) is 0. The highest BCUT2D eigenvalue weighted by molar-refractivity contribution is 5.99. The fourth-order valence-corrected chi connectivity index (χ4v) is 0.423. The third kappa shape index (κ3) is 0.683. The molecule has 0 aromatic carbocycles. The molecule has 0 aliphatic carbocycles. The lowest BCUT2D eigenvalue weighted by molar-refractivity contribution is 1.11. The quantitative estimate of drug-likeness (QED) is 0.431. The minimum atomic E-state index is 0.472. The van der Waals surface area contributed by atoms with Gasteiger partial charge in [-0.25, -0.2) is 0 Å². The summed E-state index contributed by atoms with van der Waals surface area (Å²) < 4.78 is 0. The van der Waals surface area contributed by atoms with Gasteiger partial charge in [0.05, 0.1) is 0 Å². The van der Waals surface area contributed by atoms with Crippen LogP contribution in [-0.4, -0.2) is 11.9 Å². The van der Waals surface area contributed by atoms with Gasteiger partial charge in [-0.15, -0.1) is 0 Å². The van der Waals surface area contributed by atoms with Crippen molar-refractivity contribution in [2.24, 2.45) is 16.1 Å². The molecule has 0 spiro atoms. The van der Waals surface area contributed by atoms with Gasteiger partial charge in [0, 0.05) is 17.8 Å². The molecule has 0 amide bonds. The standard InChI is InChI=1S/C5H8N2/c1-4-3-6-7-5(4)2/h3-4H,1-2H3. The van der Waals surface area contributed by atoms with Crippen LogP contribution in [0, 0.1) is 5.92 Å². The van der Waals surface area contributed by atoms with Crippen molar-refractivity contribution in [2.45, 2.75) is 13.8 Å². The van der Waals surface area contributed by atoms with Crippen LogP contribution in [0.3, 0.4) is 0 Å². The van der Waals surface area contributed by atoms with Crippen molar-refractivity contribution in [2.75, 3.05) is 0 Å². The minimum Gasteiger partial charge on any atom is -0.163 e. The number of hydrogen-bond donors (Lipinski definition) is 0. The van der Waals surface area contributed by atoms with Gasteiger partial charge in [0.25, 0.3) is 0 Å². The van der Waals surface area contributed by atoms with Gasteiger partial charge in [-0.2, -0.15) is 10.2 Å². The zero-order chi connectivity index (χ0) is 5.28. The van der Waals surface area contributed by atoms with Gasteiger partial charge in [-0.1, -0.05) is 6.92 Å². The van der Waals surface area contributed by atoms with Crippen molar-refractivity contribution in [3.8, 4) is 0 Å². The van der Waals surface area contributed by atoms with E-state index in [1.165, 1.54) is 0 Å². The average Bonchev–Trinajstić information content (AvgIpc) is 1.91. The predicted molar refractivity (Wildman–Crippen MR) is 30.8 cm³/mol. The zero-order valence-electron chi connectivity index (χ0n) is 4.55. The molecular formula is C5H8N2. The lowest BCUT2D eigenvalue weighted by Gasteiger charge is -1.90. The van der Waals surface area contributed by atoms with Gasteiger partial charge in [-0.05, 0) is 6.92 Å². The van der Waals surface area contributed by atoms with Crippen LogP contribution < -0.4 is 0 Å². The highest BCUT2D eigenvalue weighted by Crippen LogP contribution is 2.01. The van der Waals surface area contributed by atoms with Crippen molar-refractivity contribution in [3.05, 3.63) is 0 Å². The van der Waals surface area contributed by atoms with Gasteiger partial charge < -0.3 is 0 Å². The van der Waals surface area contributed by atoms with E-state index in [1.807, 2.05) is 13.1 Å². The predicted octanol–water partition coefficient (Wildman–Crippen LogP) is 1.08. The van der Waals surface area contributed by atoms with Gasteiger partial charge in [-0.3, -0.25) is 0 Å². The maximum atomic E-state index is 3.80. The fourth-order valence-electron chi connectivity index (χ4n) is 0.423. The molecule has 0 bridgehead atoms. The van der Waals surface area contributed by atoms with Crippen LogP contribution in [0.15, 0.2) is 10.2 Å². The van der Waals surface area contributed by atoms with Crippen molar-refractivity contribution >= 4 is 11.9 Å². The Bertz CT molecular complexity index is 124. The Morgan fingerprint density at radius 2 is 2.43 bits per heavy atom. The second-order valence-corrected chi connectivity index (χ2v) is 1.79. The summed E-state index contributed by atoms with van der Waals surface area (Å²) in [7, 11) is 0. The first-order valence-corrected chi connectivity index (χ1v) is 2.38. The van der Waals surface area contributed by atoms with Gasteiger partial charge in [0.2, 0.25) is 0 Å². The zero-order valence-corrected chi connectivity index (χ0v) is 4.55. The van der Waals surface area contributed by atoms with E-state index in [0.29, 0.717) is 5.92 Å². The van der Waals surface area contributed by atoms with E-state index < -0.39 is 0 Å². The summed E-state index contributed by atoms with van der Waals surface area (Å²) >= 11 is 0. The third-order valence-electron chi connectivity index (χ3n) is 1.16. The van der Waals surface area contributed by atoms with Crippen molar-refractivity contribution in [1.82, 2.24) is 0 Å². The largest absolute Gasteiger partial charge is 0.163 e. The van der Waals surface area contributed by atoms with Crippen LogP contribution in [0.25, 0.3) is 0 Å². The first kappa shape index (κ1) is 4.50. The third-order valence-corrected chi connectivity index (χ3v) is 1.16. The van der Waals surface area contributed by atoms with E-state index in [0.717, 1.165) is 5.71 Å². The Morgan fingerprint density at radius 1 is 1.71 bits per heavy atom. The molecule has 0 fully saturated rings. The van der Waals surface area contributed by atoms with Crippen LogP contribution in [0.5, 0.6) is 0 Å². The molecule has 0 aromatic rings. The maximum Gasteiger partial charge on any atom is 0.0456 e. The van der Waals surface area contributed by atoms with Gasteiger partial charge >= 0.3 is 0 Å². The topological polar surface area (TPSA) is 24.7 Å². The monoisotopic (exact) mass is 96.1 g/mol. The van der Waals surface area contributed by atoms with E-state index in [2.05, 4.69) is 17.1 Å². The lowest BCUT2D eigenvalue weighted by atomic mass is 10.1. The lowest BCUT2D eigenvalue weighted by Crippen LogP contribution is -2.01. The molecule has 1 aliphatic heterocycles. The van der Waals surface area contributed by atoms with Crippen LogP contribution in [0.4, 0.5) is 0 Å². The van der Waals surface area contributed by atoms with Crippen molar-refractivity contribution in [3.63, 3.8) is 0 Å². The molecule has 0 radical (unpaired) electrons. The summed E-state index contributed by atoms with van der Waals surface area (Å²) in [6.45, 7) is 4.06. The molecule has 1 heterocycles. The molecule has 0 N–H and O–H groups in total. The molecule has 7 heavy (non-hydrogen) atoms. The minimum absolute atomic E-state index is 0.472. The van der Waals surface area contributed by atoms with Crippen LogP contribution >= 0.6 is 0 Å². The molecular weight excluding hydrogens is 88.1 g/mol. The van der Waals surface area contributed by atoms with Crippen molar-refractivity contribution < 1.29 is 0 Å². The Morgan fingerprint density at radius 3 is 2.57 bits per heavy atom. The summed E-state index contributed by atoms with van der Waals surface area (Å²) in [5.74, 6) is 0.472. The Labute approximate surface area is 43.0 Å². The average molecular weight is 96.1 g/mol. The molecule has 1 rings (SSSR count). The molecule has 38 valence electrons. The second-order valence-electron chi connectivity index (χ2n) is 1.79. The number of rotatable bonds is 0. The first-order valence-electron chi connectivity index (χ1n) is 2.38.